The summed E-state index contributed by atoms with van der Waals surface area (Å²) < 4.78 is 5.10. The van der Waals surface area contributed by atoms with E-state index in [2.05, 4.69) is 6.92 Å². The first-order valence-corrected chi connectivity index (χ1v) is 10.9. The Labute approximate surface area is 188 Å². The third-order valence-corrected chi connectivity index (χ3v) is 6.27. The summed E-state index contributed by atoms with van der Waals surface area (Å²) in [7, 11) is 3.21. The number of benzene rings is 4. The van der Waals surface area contributed by atoms with Gasteiger partial charge in [0.15, 0.2) is 0 Å². The molecule has 0 spiro atoms. The van der Waals surface area contributed by atoms with Crippen LogP contribution < -0.4 is 0 Å². The van der Waals surface area contributed by atoms with Crippen molar-refractivity contribution in [2.24, 2.45) is 0 Å². The summed E-state index contributed by atoms with van der Waals surface area (Å²) in [6, 6.07) is 23.7. The van der Waals surface area contributed by atoms with E-state index in [9.17, 15) is 9.59 Å². The maximum Gasteiger partial charge on any atom is 0.338 e. The highest BCUT2D eigenvalue weighted by Crippen LogP contribution is 2.35. The van der Waals surface area contributed by atoms with E-state index in [4.69, 9.17) is 4.74 Å². The Morgan fingerprint density at radius 2 is 1.25 bits per heavy atom. The molecule has 0 saturated heterocycles. The van der Waals surface area contributed by atoms with Crippen molar-refractivity contribution >= 4 is 33.4 Å². The number of methoxy groups -OCH3 is 1. The summed E-state index contributed by atoms with van der Waals surface area (Å²) in [4.78, 5) is 28.1. The van der Waals surface area contributed by atoms with Gasteiger partial charge in [0.1, 0.15) is 0 Å². The Balaban J connectivity index is 2.04. The van der Waals surface area contributed by atoms with Gasteiger partial charge in [-0.05, 0) is 70.3 Å². The van der Waals surface area contributed by atoms with Gasteiger partial charge in [0.25, 0.3) is 5.91 Å². The lowest BCUT2D eigenvalue weighted by atomic mass is 9.90. The molecule has 0 aliphatic heterocycles. The number of rotatable bonds is 5. The van der Waals surface area contributed by atoms with Crippen LogP contribution in [-0.4, -0.2) is 37.0 Å². The fraction of sp³-hybridized carbons (Fsp3) is 0.214. The van der Waals surface area contributed by atoms with Crippen LogP contribution in [0.5, 0.6) is 0 Å². The van der Waals surface area contributed by atoms with Gasteiger partial charge in [0.05, 0.1) is 12.7 Å². The van der Waals surface area contributed by atoms with Crippen molar-refractivity contribution in [3.63, 3.8) is 0 Å². The molecule has 32 heavy (non-hydrogen) atoms. The second kappa shape index (κ2) is 8.83. The van der Waals surface area contributed by atoms with Gasteiger partial charge in [-0.2, -0.15) is 0 Å². The lowest BCUT2D eigenvalue weighted by molar-refractivity contribution is 0.0601. The molecule has 4 nitrogen and oxygen atoms in total. The van der Waals surface area contributed by atoms with E-state index in [0.717, 1.165) is 33.5 Å². The first-order valence-electron chi connectivity index (χ1n) is 10.9. The molecule has 1 atom stereocenters. The number of esters is 1. The fourth-order valence-corrected chi connectivity index (χ4v) is 4.05. The Kier molecular flexibility index (Phi) is 5.95. The predicted octanol–water partition coefficient (Wildman–Crippen LogP) is 6.32. The average molecular weight is 426 g/mol. The average Bonchev–Trinajstić information content (AvgIpc) is 2.85. The van der Waals surface area contributed by atoms with Gasteiger partial charge in [-0.3, -0.25) is 4.79 Å². The minimum Gasteiger partial charge on any atom is -0.465 e. The van der Waals surface area contributed by atoms with Gasteiger partial charge in [0.2, 0.25) is 0 Å². The summed E-state index contributed by atoms with van der Waals surface area (Å²) in [5.74, 6) is -0.489. The van der Waals surface area contributed by atoms with Crippen molar-refractivity contribution in [1.82, 2.24) is 4.90 Å². The molecule has 4 heteroatoms. The van der Waals surface area contributed by atoms with Gasteiger partial charge in [0, 0.05) is 18.7 Å². The molecule has 0 saturated carbocycles. The molecular formula is C28H27NO3. The molecule has 4 aromatic rings. The molecule has 0 unspecified atom stereocenters. The zero-order valence-corrected chi connectivity index (χ0v) is 18.9. The van der Waals surface area contributed by atoms with Gasteiger partial charge in [-0.25, -0.2) is 4.79 Å². The maximum atomic E-state index is 13.6. The SMILES string of the molecule is CC[C@@H](C)N(C)C(=O)c1cc2ccccc2cc1-c1cc2ccccc2cc1C(=O)OC. The summed E-state index contributed by atoms with van der Waals surface area (Å²) in [6.45, 7) is 4.10. The summed E-state index contributed by atoms with van der Waals surface area (Å²) >= 11 is 0. The van der Waals surface area contributed by atoms with Crippen LogP contribution >= 0.6 is 0 Å². The highest BCUT2D eigenvalue weighted by atomic mass is 16.5. The summed E-state index contributed by atoms with van der Waals surface area (Å²) in [6.07, 6.45) is 0.856. The standard InChI is InChI=1S/C28H27NO3/c1-5-18(2)29(3)27(30)25-16-21-12-8-6-10-19(21)14-23(25)24-15-20-11-7-9-13-22(20)17-26(24)28(31)32-4/h6-18H,5H2,1-4H3/t18-/m1/s1. The van der Waals surface area contributed by atoms with Crippen LogP contribution in [0.2, 0.25) is 0 Å². The van der Waals surface area contributed by atoms with Gasteiger partial charge >= 0.3 is 5.97 Å². The Morgan fingerprint density at radius 3 is 1.72 bits per heavy atom. The van der Waals surface area contributed by atoms with E-state index >= 15 is 0 Å². The quantitative estimate of drug-likeness (QED) is 0.352. The van der Waals surface area contributed by atoms with E-state index in [-0.39, 0.29) is 11.9 Å². The molecule has 162 valence electrons. The number of hydrogen-bond donors (Lipinski definition) is 0. The van der Waals surface area contributed by atoms with E-state index in [1.807, 2.05) is 86.8 Å². The lowest BCUT2D eigenvalue weighted by Crippen LogP contribution is -2.34. The van der Waals surface area contributed by atoms with Crippen LogP contribution in [0, 0.1) is 0 Å². The molecule has 0 aromatic heterocycles. The molecule has 1 amide bonds. The largest absolute Gasteiger partial charge is 0.465 e. The van der Waals surface area contributed by atoms with Crippen LogP contribution in [0.25, 0.3) is 32.7 Å². The normalized spacial score (nSPS) is 12.0. The minimum absolute atomic E-state index is 0.0657. The number of carbonyl (C=O) groups excluding carboxylic acids is 2. The Bertz CT molecular complexity index is 1330. The number of fused-ring (bicyclic) bond motifs is 2. The predicted molar refractivity (Wildman–Crippen MR) is 130 cm³/mol. The van der Waals surface area contributed by atoms with Gasteiger partial charge in [-0.15, -0.1) is 0 Å². The van der Waals surface area contributed by atoms with E-state index in [0.29, 0.717) is 16.7 Å². The van der Waals surface area contributed by atoms with Gasteiger partial charge < -0.3 is 9.64 Å². The first kappa shape index (κ1) is 21.6. The third kappa shape index (κ3) is 3.84. The van der Waals surface area contributed by atoms with Crippen molar-refractivity contribution in [2.45, 2.75) is 26.3 Å². The molecule has 0 radical (unpaired) electrons. The second-order valence-corrected chi connectivity index (χ2v) is 8.15. The van der Waals surface area contributed by atoms with E-state index < -0.39 is 5.97 Å². The Morgan fingerprint density at radius 1 is 0.812 bits per heavy atom. The maximum absolute atomic E-state index is 13.6. The number of amides is 1. The molecule has 0 aliphatic rings. The zero-order valence-electron chi connectivity index (χ0n) is 18.9. The van der Waals surface area contributed by atoms with Crippen molar-refractivity contribution in [3.05, 3.63) is 83.9 Å². The highest BCUT2D eigenvalue weighted by molar-refractivity contribution is 6.10. The first-order chi connectivity index (χ1) is 15.4. The lowest BCUT2D eigenvalue weighted by Gasteiger charge is -2.25. The molecule has 4 aromatic carbocycles. The van der Waals surface area contributed by atoms with Crippen LogP contribution in [0.1, 0.15) is 41.0 Å². The molecule has 0 fully saturated rings. The molecule has 0 N–H and O–H groups in total. The number of nitrogens with zero attached hydrogens (tertiary/aromatic N) is 1. The van der Waals surface area contributed by atoms with Crippen molar-refractivity contribution < 1.29 is 14.3 Å². The number of carbonyl (C=O) groups is 2. The monoisotopic (exact) mass is 425 g/mol. The summed E-state index contributed by atoms with van der Waals surface area (Å²) in [5.41, 5.74) is 2.45. The topological polar surface area (TPSA) is 46.6 Å². The van der Waals surface area contributed by atoms with Crippen LogP contribution in [-0.2, 0) is 4.74 Å². The van der Waals surface area contributed by atoms with E-state index in [1.165, 1.54) is 7.11 Å². The van der Waals surface area contributed by atoms with Crippen LogP contribution in [0.15, 0.2) is 72.8 Å². The summed E-state index contributed by atoms with van der Waals surface area (Å²) in [5, 5.41) is 3.94. The number of hydrogen-bond acceptors (Lipinski definition) is 3. The molecule has 0 aliphatic carbocycles. The van der Waals surface area contributed by atoms with E-state index in [1.54, 1.807) is 4.90 Å². The third-order valence-electron chi connectivity index (χ3n) is 6.27. The second-order valence-electron chi connectivity index (χ2n) is 8.15. The van der Waals surface area contributed by atoms with Crippen molar-refractivity contribution in [3.8, 4) is 11.1 Å². The molecule has 4 rings (SSSR count). The Hall–Kier alpha value is -3.66. The molecule has 0 bridgehead atoms. The van der Waals surface area contributed by atoms with Crippen molar-refractivity contribution in [2.75, 3.05) is 14.2 Å². The zero-order chi connectivity index (χ0) is 22.8. The number of ether oxygens (including phenoxy) is 1. The van der Waals surface area contributed by atoms with Crippen LogP contribution in [0.4, 0.5) is 0 Å². The minimum atomic E-state index is -0.424. The smallest absolute Gasteiger partial charge is 0.338 e. The van der Waals surface area contributed by atoms with Crippen molar-refractivity contribution in [1.29, 1.82) is 0 Å². The molecule has 0 heterocycles. The fourth-order valence-electron chi connectivity index (χ4n) is 4.05. The van der Waals surface area contributed by atoms with Gasteiger partial charge in [-0.1, -0.05) is 55.5 Å². The highest BCUT2D eigenvalue weighted by Gasteiger charge is 2.24. The van der Waals surface area contributed by atoms with Crippen LogP contribution in [0.3, 0.4) is 0 Å². The molecular weight excluding hydrogens is 398 g/mol.